The maximum absolute atomic E-state index is 12.6. The molecule has 0 spiro atoms. The Kier molecular flexibility index (Phi) is 7.49. The van der Waals surface area contributed by atoms with Crippen LogP contribution in [0.3, 0.4) is 0 Å². The number of carbonyl (C=O) groups excluding carboxylic acids is 1. The Hall–Kier alpha value is -3.01. The average Bonchev–Trinajstić information content (AvgIpc) is 2.69. The molecule has 6 nitrogen and oxygen atoms in total. The van der Waals surface area contributed by atoms with E-state index in [9.17, 15) is 4.79 Å². The molecule has 2 rings (SSSR count). The van der Waals surface area contributed by atoms with Crippen LogP contribution in [-0.4, -0.2) is 42.6 Å². The van der Waals surface area contributed by atoms with Crippen molar-refractivity contribution in [1.29, 1.82) is 0 Å². The van der Waals surface area contributed by atoms with Crippen molar-refractivity contribution in [3.05, 3.63) is 59.2 Å². The van der Waals surface area contributed by atoms with E-state index in [-0.39, 0.29) is 50.1 Å². The van der Waals surface area contributed by atoms with E-state index in [0.29, 0.717) is 5.56 Å². The van der Waals surface area contributed by atoms with E-state index < -0.39 is 5.97 Å². The molecule has 0 aliphatic rings. The van der Waals surface area contributed by atoms with Gasteiger partial charge in [-0.05, 0) is 17.7 Å². The fourth-order valence-corrected chi connectivity index (χ4v) is 2.21. The minimum atomic E-state index is -0.654. The molecule has 0 radical (unpaired) electrons. The first-order chi connectivity index (χ1) is 12.7. The van der Waals surface area contributed by atoms with Gasteiger partial charge in [-0.1, -0.05) is 36.3 Å². The monoisotopic (exact) mass is 356 g/mol. The van der Waals surface area contributed by atoms with Crippen molar-refractivity contribution >= 4 is 5.97 Å². The van der Waals surface area contributed by atoms with Gasteiger partial charge in [0.1, 0.15) is 36.9 Å². The molecule has 0 aliphatic carbocycles. The molecule has 0 heterocycles. The molecule has 2 N–H and O–H groups in total. The van der Waals surface area contributed by atoms with Gasteiger partial charge in [0.05, 0.1) is 13.2 Å². The number of ether oxygens (including phenoxy) is 3. The number of aliphatic hydroxyl groups is 2. The van der Waals surface area contributed by atoms with Gasteiger partial charge in [-0.2, -0.15) is 0 Å². The highest BCUT2D eigenvalue weighted by Crippen LogP contribution is 2.32. The van der Waals surface area contributed by atoms with Gasteiger partial charge >= 0.3 is 5.97 Å². The van der Waals surface area contributed by atoms with Gasteiger partial charge < -0.3 is 24.4 Å². The van der Waals surface area contributed by atoms with Crippen molar-refractivity contribution in [1.82, 2.24) is 0 Å². The van der Waals surface area contributed by atoms with Crippen LogP contribution in [0.15, 0.2) is 42.5 Å². The van der Waals surface area contributed by atoms with Crippen molar-refractivity contribution < 1.29 is 29.2 Å². The van der Waals surface area contributed by atoms with E-state index >= 15 is 0 Å². The first-order valence-corrected chi connectivity index (χ1v) is 8.02. The maximum Gasteiger partial charge on any atom is 0.346 e. The molecular formula is C20H20O6. The van der Waals surface area contributed by atoms with Crippen molar-refractivity contribution in [3.8, 4) is 23.8 Å². The summed E-state index contributed by atoms with van der Waals surface area (Å²) in [7, 11) is 0. The van der Waals surface area contributed by atoms with Crippen LogP contribution in [0.4, 0.5) is 0 Å². The summed E-state index contributed by atoms with van der Waals surface area (Å²) in [6.45, 7) is -0.425. The lowest BCUT2D eigenvalue weighted by Gasteiger charge is -2.16. The number of aliphatic hydroxyl groups excluding tert-OH is 2. The molecule has 2 aromatic rings. The third-order valence-electron chi connectivity index (χ3n) is 3.35. The summed E-state index contributed by atoms with van der Waals surface area (Å²) >= 11 is 0. The van der Waals surface area contributed by atoms with Crippen LogP contribution >= 0.6 is 0 Å². The first-order valence-electron chi connectivity index (χ1n) is 8.02. The third-order valence-corrected chi connectivity index (χ3v) is 3.35. The van der Waals surface area contributed by atoms with Crippen LogP contribution in [0.1, 0.15) is 21.5 Å². The van der Waals surface area contributed by atoms with E-state index in [1.54, 1.807) is 0 Å². The molecular weight excluding hydrogens is 336 g/mol. The lowest BCUT2D eigenvalue weighted by Crippen LogP contribution is -2.14. The quantitative estimate of drug-likeness (QED) is 0.526. The molecule has 0 aromatic heterocycles. The largest absolute Gasteiger partial charge is 0.490 e. The van der Waals surface area contributed by atoms with Gasteiger partial charge in [-0.15, -0.1) is 6.42 Å². The number of benzene rings is 2. The molecule has 0 saturated carbocycles. The molecule has 2 aromatic carbocycles. The zero-order valence-electron chi connectivity index (χ0n) is 14.2. The van der Waals surface area contributed by atoms with Crippen LogP contribution in [0.2, 0.25) is 0 Å². The minimum Gasteiger partial charge on any atom is -0.490 e. The van der Waals surface area contributed by atoms with Gasteiger partial charge in [-0.3, -0.25) is 0 Å². The number of rotatable bonds is 9. The number of hydrogen-bond donors (Lipinski definition) is 2. The smallest absolute Gasteiger partial charge is 0.346 e. The second kappa shape index (κ2) is 10.1. The average molecular weight is 356 g/mol. The van der Waals surface area contributed by atoms with Gasteiger partial charge in [-0.25, -0.2) is 4.79 Å². The molecule has 26 heavy (non-hydrogen) atoms. The lowest BCUT2D eigenvalue weighted by atomic mass is 10.1. The number of carbonyl (C=O) groups is 1. The number of terminal acetylenes is 1. The van der Waals surface area contributed by atoms with Crippen LogP contribution < -0.4 is 9.47 Å². The fourth-order valence-electron chi connectivity index (χ4n) is 2.21. The van der Waals surface area contributed by atoms with E-state index in [4.69, 9.17) is 30.8 Å². The summed E-state index contributed by atoms with van der Waals surface area (Å²) in [5.41, 5.74) is 1.32. The van der Waals surface area contributed by atoms with E-state index in [0.717, 1.165) is 5.56 Å². The van der Waals surface area contributed by atoms with Gasteiger partial charge in [0, 0.05) is 5.56 Å². The Balaban J connectivity index is 2.31. The van der Waals surface area contributed by atoms with Crippen molar-refractivity contribution in [2.24, 2.45) is 0 Å². The third kappa shape index (κ3) is 5.24. The summed E-state index contributed by atoms with van der Waals surface area (Å²) in [4.78, 5) is 12.6. The molecule has 0 amide bonds. The lowest BCUT2D eigenvalue weighted by molar-refractivity contribution is 0.0460. The Morgan fingerprint density at radius 1 is 1.00 bits per heavy atom. The Morgan fingerprint density at radius 3 is 2.08 bits per heavy atom. The highest BCUT2D eigenvalue weighted by molar-refractivity contribution is 5.96. The van der Waals surface area contributed by atoms with Crippen molar-refractivity contribution in [3.63, 3.8) is 0 Å². The maximum atomic E-state index is 12.6. The van der Waals surface area contributed by atoms with Crippen LogP contribution in [0.5, 0.6) is 11.5 Å². The zero-order valence-corrected chi connectivity index (χ0v) is 14.2. The summed E-state index contributed by atoms with van der Waals surface area (Å²) in [5, 5.41) is 18.0. The molecule has 0 atom stereocenters. The van der Waals surface area contributed by atoms with Crippen LogP contribution in [-0.2, 0) is 11.3 Å². The minimum absolute atomic E-state index is 0.0214. The highest BCUT2D eigenvalue weighted by atomic mass is 16.5. The Morgan fingerprint density at radius 2 is 1.58 bits per heavy atom. The molecule has 0 unspecified atom stereocenters. The normalized spacial score (nSPS) is 10.0. The van der Waals surface area contributed by atoms with Crippen LogP contribution in [0.25, 0.3) is 0 Å². The molecule has 0 aliphatic heterocycles. The van der Waals surface area contributed by atoms with E-state index in [1.807, 2.05) is 30.3 Å². The van der Waals surface area contributed by atoms with Gasteiger partial charge in [0.2, 0.25) is 0 Å². The summed E-state index contributed by atoms with van der Waals surface area (Å²) in [6, 6.07) is 12.2. The predicted octanol–water partition coefficient (Wildman–Crippen LogP) is 1.77. The van der Waals surface area contributed by atoms with Crippen LogP contribution in [0, 0.1) is 12.3 Å². The van der Waals surface area contributed by atoms with Gasteiger partial charge in [0.25, 0.3) is 0 Å². The molecule has 136 valence electrons. The molecule has 0 fully saturated rings. The second-order valence-electron chi connectivity index (χ2n) is 5.20. The zero-order chi connectivity index (χ0) is 18.8. The van der Waals surface area contributed by atoms with E-state index in [1.165, 1.54) is 12.1 Å². The molecule has 0 saturated heterocycles. The fraction of sp³-hybridized carbons (Fsp3) is 0.250. The highest BCUT2D eigenvalue weighted by Gasteiger charge is 2.22. The standard InChI is InChI=1S/C20H20O6/c1-2-15-12-17(24-10-8-21)19(18(13-15)25-11-9-22)20(23)26-14-16-6-4-3-5-7-16/h1,3-7,12-13,21-22H,8-11,14H2. The number of esters is 1. The molecule has 6 heteroatoms. The SMILES string of the molecule is C#Cc1cc(OCCO)c(C(=O)OCc2ccccc2)c(OCCO)c1. The number of hydrogen-bond acceptors (Lipinski definition) is 6. The molecule has 0 bridgehead atoms. The Labute approximate surface area is 151 Å². The second-order valence-corrected chi connectivity index (χ2v) is 5.20. The summed E-state index contributed by atoms with van der Waals surface area (Å²) in [5.74, 6) is 2.10. The summed E-state index contributed by atoms with van der Waals surface area (Å²) < 4.78 is 16.2. The van der Waals surface area contributed by atoms with Gasteiger partial charge in [0.15, 0.2) is 0 Å². The van der Waals surface area contributed by atoms with Crippen molar-refractivity contribution in [2.45, 2.75) is 6.61 Å². The van der Waals surface area contributed by atoms with E-state index in [2.05, 4.69) is 5.92 Å². The topological polar surface area (TPSA) is 85.2 Å². The predicted molar refractivity (Wildman–Crippen MR) is 95.1 cm³/mol. The summed E-state index contributed by atoms with van der Waals surface area (Å²) in [6.07, 6.45) is 5.43. The first kappa shape index (κ1) is 19.3. The Bertz CT molecular complexity index is 735. The van der Waals surface area contributed by atoms with Crippen molar-refractivity contribution in [2.75, 3.05) is 26.4 Å².